The summed E-state index contributed by atoms with van der Waals surface area (Å²) in [5.41, 5.74) is 10.3. The number of aryl methyl sites for hydroxylation is 1. The zero-order valence-corrected chi connectivity index (χ0v) is 21.7. The van der Waals surface area contributed by atoms with Crippen molar-refractivity contribution in [2.45, 2.75) is 46.5 Å². The van der Waals surface area contributed by atoms with Crippen LogP contribution in [0.4, 0.5) is 5.69 Å². The van der Waals surface area contributed by atoms with E-state index in [1.54, 1.807) is 7.11 Å². The van der Waals surface area contributed by atoms with Crippen LogP contribution >= 0.6 is 0 Å². The van der Waals surface area contributed by atoms with Crippen LogP contribution in [0.1, 0.15) is 67.3 Å². The SMILES string of the molecule is COc1ccccc1-c1cccc(/C(=N/c2c(C(C)C)cccc2C(C)C)c2ccc(C)cc2)c1. The van der Waals surface area contributed by atoms with E-state index in [4.69, 9.17) is 9.73 Å². The quantitative estimate of drug-likeness (QED) is 0.251. The van der Waals surface area contributed by atoms with Crippen molar-refractivity contribution in [1.29, 1.82) is 0 Å². The number of methoxy groups -OCH3 is 1. The molecule has 0 aliphatic carbocycles. The first kappa shape index (κ1) is 24.5. The van der Waals surface area contributed by atoms with Crippen LogP contribution in [0.25, 0.3) is 11.1 Å². The summed E-state index contributed by atoms with van der Waals surface area (Å²) in [6.45, 7) is 11.1. The summed E-state index contributed by atoms with van der Waals surface area (Å²) in [5.74, 6) is 1.63. The highest BCUT2D eigenvalue weighted by atomic mass is 16.5. The van der Waals surface area contributed by atoms with E-state index in [9.17, 15) is 0 Å². The molecular weight excluding hydrogens is 426 g/mol. The van der Waals surface area contributed by atoms with Crippen LogP contribution in [0.2, 0.25) is 0 Å². The monoisotopic (exact) mass is 461 g/mol. The van der Waals surface area contributed by atoms with Crippen LogP contribution in [0, 0.1) is 6.92 Å². The zero-order chi connectivity index (χ0) is 24.9. The van der Waals surface area contributed by atoms with E-state index in [0.29, 0.717) is 11.8 Å². The first-order valence-electron chi connectivity index (χ1n) is 12.4. The number of nitrogens with zero attached hydrogens (tertiary/aromatic N) is 1. The van der Waals surface area contributed by atoms with Gasteiger partial charge in [0.25, 0.3) is 0 Å². The predicted molar refractivity (Wildman–Crippen MR) is 150 cm³/mol. The largest absolute Gasteiger partial charge is 0.496 e. The first-order valence-corrected chi connectivity index (χ1v) is 12.4. The minimum absolute atomic E-state index is 0.381. The van der Waals surface area contributed by atoms with Gasteiger partial charge in [-0.1, -0.05) is 112 Å². The Hall–Kier alpha value is -3.65. The lowest BCUT2D eigenvalue weighted by Gasteiger charge is -2.18. The van der Waals surface area contributed by atoms with E-state index >= 15 is 0 Å². The normalized spacial score (nSPS) is 11.8. The first-order chi connectivity index (χ1) is 16.9. The van der Waals surface area contributed by atoms with Crippen molar-refractivity contribution < 1.29 is 4.74 Å². The summed E-state index contributed by atoms with van der Waals surface area (Å²) >= 11 is 0. The van der Waals surface area contributed by atoms with Gasteiger partial charge in [0, 0.05) is 16.7 Å². The Kier molecular flexibility index (Phi) is 7.51. The molecule has 0 radical (unpaired) electrons. The lowest BCUT2D eigenvalue weighted by atomic mass is 9.92. The molecule has 0 spiro atoms. The van der Waals surface area contributed by atoms with Crippen molar-refractivity contribution >= 4 is 11.4 Å². The molecule has 4 rings (SSSR count). The minimum Gasteiger partial charge on any atom is -0.496 e. The Balaban J connectivity index is 1.97. The van der Waals surface area contributed by atoms with Gasteiger partial charge in [0.2, 0.25) is 0 Å². The third kappa shape index (κ3) is 5.38. The summed E-state index contributed by atoms with van der Waals surface area (Å²) in [6, 6.07) is 32.1. The molecule has 0 N–H and O–H groups in total. The summed E-state index contributed by atoms with van der Waals surface area (Å²) in [7, 11) is 1.72. The van der Waals surface area contributed by atoms with Crippen LogP contribution in [0.3, 0.4) is 0 Å². The molecule has 4 aromatic carbocycles. The maximum Gasteiger partial charge on any atom is 0.126 e. The number of aliphatic imine (C=N–C) groups is 1. The van der Waals surface area contributed by atoms with Gasteiger partial charge < -0.3 is 4.74 Å². The van der Waals surface area contributed by atoms with Gasteiger partial charge in [-0.15, -0.1) is 0 Å². The molecule has 0 bridgehead atoms. The Morgan fingerprint density at radius 3 is 1.94 bits per heavy atom. The summed E-state index contributed by atoms with van der Waals surface area (Å²) in [4.78, 5) is 5.43. The van der Waals surface area contributed by atoms with Crippen LogP contribution in [-0.2, 0) is 0 Å². The van der Waals surface area contributed by atoms with Crippen molar-refractivity contribution in [3.05, 3.63) is 119 Å². The molecule has 4 aromatic rings. The van der Waals surface area contributed by atoms with Gasteiger partial charge in [-0.05, 0) is 47.6 Å². The molecule has 178 valence electrons. The van der Waals surface area contributed by atoms with Gasteiger partial charge in [-0.2, -0.15) is 0 Å². The fourth-order valence-electron chi connectivity index (χ4n) is 4.48. The number of benzene rings is 4. The standard InChI is InChI=1S/C33H35NO/c1-22(2)28-14-10-15-29(23(3)4)33(28)34-32(25-19-17-24(5)18-20-25)27-12-9-11-26(21-27)30-13-7-8-16-31(30)35-6/h7-23H,1-6H3/b34-32+. The molecule has 2 heteroatoms. The molecule has 0 aliphatic heterocycles. The van der Waals surface area contributed by atoms with E-state index in [0.717, 1.165) is 39.4 Å². The molecule has 0 amide bonds. The Labute approximate surface area is 210 Å². The molecule has 0 aliphatic rings. The second kappa shape index (κ2) is 10.7. The number of hydrogen-bond donors (Lipinski definition) is 0. The summed E-state index contributed by atoms with van der Waals surface area (Å²) in [6.07, 6.45) is 0. The molecule has 0 aromatic heterocycles. The van der Waals surface area contributed by atoms with Gasteiger partial charge in [0.05, 0.1) is 18.5 Å². The van der Waals surface area contributed by atoms with Crippen molar-refractivity contribution in [1.82, 2.24) is 0 Å². The fraction of sp³-hybridized carbons (Fsp3) is 0.242. The van der Waals surface area contributed by atoms with E-state index in [-0.39, 0.29) is 0 Å². The predicted octanol–water partition coefficient (Wildman–Crippen LogP) is 9.09. The maximum absolute atomic E-state index is 5.65. The van der Waals surface area contributed by atoms with Crippen LogP contribution < -0.4 is 4.74 Å². The van der Waals surface area contributed by atoms with Crippen molar-refractivity contribution in [3.63, 3.8) is 0 Å². The molecule has 0 fully saturated rings. The lowest BCUT2D eigenvalue weighted by Crippen LogP contribution is -2.05. The topological polar surface area (TPSA) is 21.6 Å². The number of rotatable bonds is 7. The van der Waals surface area contributed by atoms with E-state index in [1.165, 1.54) is 16.7 Å². The summed E-state index contributed by atoms with van der Waals surface area (Å²) in [5, 5.41) is 0. The Morgan fingerprint density at radius 1 is 0.686 bits per heavy atom. The minimum atomic E-state index is 0.381. The van der Waals surface area contributed by atoms with Crippen molar-refractivity contribution in [2.75, 3.05) is 7.11 Å². The molecule has 0 saturated heterocycles. The van der Waals surface area contributed by atoms with E-state index in [1.807, 2.05) is 18.2 Å². The van der Waals surface area contributed by atoms with Gasteiger partial charge in [-0.3, -0.25) is 0 Å². The van der Waals surface area contributed by atoms with E-state index < -0.39 is 0 Å². The van der Waals surface area contributed by atoms with Crippen molar-refractivity contribution in [3.8, 4) is 16.9 Å². The van der Waals surface area contributed by atoms with Crippen LogP contribution in [-0.4, -0.2) is 12.8 Å². The van der Waals surface area contributed by atoms with Gasteiger partial charge in [-0.25, -0.2) is 4.99 Å². The highest BCUT2D eigenvalue weighted by Gasteiger charge is 2.17. The Bertz CT molecular complexity index is 1300. The van der Waals surface area contributed by atoms with Gasteiger partial charge in [0.1, 0.15) is 5.75 Å². The average Bonchev–Trinajstić information content (AvgIpc) is 2.87. The third-order valence-corrected chi connectivity index (χ3v) is 6.45. The molecule has 2 nitrogen and oxygen atoms in total. The second-order valence-corrected chi connectivity index (χ2v) is 9.70. The van der Waals surface area contributed by atoms with E-state index in [2.05, 4.69) is 107 Å². The number of ether oxygens (including phenoxy) is 1. The highest BCUT2D eigenvalue weighted by Crippen LogP contribution is 2.36. The lowest BCUT2D eigenvalue weighted by molar-refractivity contribution is 0.416. The molecule has 0 saturated carbocycles. The zero-order valence-electron chi connectivity index (χ0n) is 21.7. The number of para-hydroxylation sites is 2. The summed E-state index contributed by atoms with van der Waals surface area (Å²) < 4.78 is 5.65. The van der Waals surface area contributed by atoms with Crippen LogP contribution in [0.15, 0.2) is 96.0 Å². The van der Waals surface area contributed by atoms with Crippen LogP contribution in [0.5, 0.6) is 5.75 Å². The maximum atomic E-state index is 5.65. The Morgan fingerprint density at radius 2 is 1.31 bits per heavy atom. The number of hydrogen-bond acceptors (Lipinski definition) is 2. The second-order valence-electron chi connectivity index (χ2n) is 9.70. The molecule has 0 atom stereocenters. The fourth-order valence-corrected chi connectivity index (χ4v) is 4.48. The molecule has 35 heavy (non-hydrogen) atoms. The highest BCUT2D eigenvalue weighted by molar-refractivity contribution is 6.14. The molecule has 0 unspecified atom stereocenters. The molecule has 0 heterocycles. The third-order valence-electron chi connectivity index (χ3n) is 6.45. The van der Waals surface area contributed by atoms with Crippen molar-refractivity contribution in [2.24, 2.45) is 4.99 Å². The average molecular weight is 462 g/mol. The van der Waals surface area contributed by atoms with Gasteiger partial charge >= 0.3 is 0 Å². The molecular formula is C33H35NO. The van der Waals surface area contributed by atoms with Gasteiger partial charge in [0.15, 0.2) is 0 Å². The smallest absolute Gasteiger partial charge is 0.126 e.